The highest BCUT2D eigenvalue weighted by molar-refractivity contribution is 5.72. The molecule has 0 aliphatic carbocycles. The highest BCUT2D eigenvalue weighted by Gasteiger charge is 2.09. The first-order valence-electron chi connectivity index (χ1n) is 6.84. The molecule has 2 N–H and O–H groups in total. The van der Waals surface area contributed by atoms with E-state index >= 15 is 0 Å². The molecule has 2 amide bonds. The van der Waals surface area contributed by atoms with Crippen LogP contribution in [-0.4, -0.2) is 50.4 Å². The number of amides is 2. The van der Waals surface area contributed by atoms with Crippen molar-refractivity contribution in [3.8, 4) is 0 Å². The van der Waals surface area contributed by atoms with Crippen LogP contribution in [0.1, 0.15) is 5.56 Å². The lowest BCUT2D eigenvalue weighted by atomic mass is 10.2. The highest BCUT2D eigenvalue weighted by Crippen LogP contribution is 1.97. The number of benzene rings is 1. The van der Waals surface area contributed by atoms with Crippen LogP contribution in [0.5, 0.6) is 0 Å². The van der Waals surface area contributed by atoms with Crippen LogP contribution in [-0.2, 0) is 16.1 Å². The minimum absolute atomic E-state index is 0.323. The molecule has 0 saturated carbocycles. The number of morpholine rings is 1. The Balaban J connectivity index is 1.51. The van der Waals surface area contributed by atoms with Gasteiger partial charge in [0, 0.05) is 26.2 Å². The van der Waals surface area contributed by atoms with E-state index in [-0.39, 0.29) is 6.03 Å². The lowest BCUT2D eigenvalue weighted by Gasteiger charge is -2.26. The zero-order chi connectivity index (χ0) is 14.0. The molecule has 2 rings (SSSR count). The van der Waals surface area contributed by atoms with E-state index in [4.69, 9.17) is 9.57 Å². The summed E-state index contributed by atoms with van der Waals surface area (Å²) in [4.78, 5) is 18.9. The van der Waals surface area contributed by atoms with Gasteiger partial charge in [0.1, 0.15) is 0 Å². The molecule has 0 unspecified atom stereocenters. The van der Waals surface area contributed by atoms with E-state index in [2.05, 4.69) is 15.7 Å². The van der Waals surface area contributed by atoms with Crippen molar-refractivity contribution in [2.75, 3.05) is 39.5 Å². The van der Waals surface area contributed by atoms with Gasteiger partial charge in [-0.1, -0.05) is 30.3 Å². The number of urea groups is 1. The van der Waals surface area contributed by atoms with Gasteiger partial charge in [-0.05, 0) is 5.56 Å². The van der Waals surface area contributed by atoms with E-state index in [1.807, 2.05) is 30.3 Å². The van der Waals surface area contributed by atoms with Crippen molar-refractivity contribution in [2.45, 2.75) is 6.54 Å². The van der Waals surface area contributed by atoms with Gasteiger partial charge >= 0.3 is 6.03 Å². The molecule has 0 bridgehead atoms. The second-order valence-corrected chi connectivity index (χ2v) is 4.57. The highest BCUT2D eigenvalue weighted by atomic mass is 16.7. The molecule has 1 aromatic rings. The fourth-order valence-corrected chi connectivity index (χ4v) is 1.93. The topological polar surface area (TPSA) is 62.8 Å². The quantitative estimate of drug-likeness (QED) is 0.596. The SMILES string of the molecule is O=C(NCc1ccccc1)NOCCN1CCOCC1. The first-order valence-corrected chi connectivity index (χ1v) is 6.84. The summed E-state index contributed by atoms with van der Waals surface area (Å²) in [6.45, 7) is 5.13. The fraction of sp³-hybridized carbons (Fsp3) is 0.500. The van der Waals surface area contributed by atoms with Crippen LogP contribution >= 0.6 is 0 Å². The van der Waals surface area contributed by atoms with Crippen LogP contribution in [0.15, 0.2) is 30.3 Å². The predicted octanol–water partition coefficient (Wildman–Crippen LogP) is 0.750. The Morgan fingerprint density at radius 3 is 2.75 bits per heavy atom. The third-order valence-electron chi connectivity index (χ3n) is 3.07. The first-order chi connectivity index (χ1) is 9.84. The monoisotopic (exact) mass is 279 g/mol. The molecule has 0 aromatic heterocycles. The average molecular weight is 279 g/mol. The summed E-state index contributed by atoms with van der Waals surface area (Å²) in [6.07, 6.45) is 0. The van der Waals surface area contributed by atoms with E-state index < -0.39 is 0 Å². The van der Waals surface area contributed by atoms with E-state index in [0.29, 0.717) is 13.2 Å². The van der Waals surface area contributed by atoms with Gasteiger partial charge in [-0.15, -0.1) is 0 Å². The van der Waals surface area contributed by atoms with Crippen molar-refractivity contribution in [3.05, 3.63) is 35.9 Å². The van der Waals surface area contributed by atoms with Gasteiger partial charge < -0.3 is 10.1 Å². The van der Waals surface area contributed by atoms with Crippen molar-refractivity contribution >= 4 is 6.03 Å². The third-order valence-corrected chi connectivity index (χ3v) is 3.07. The Morgan fingerprint density at radius 2 is 2.00 bits per heavy atom. The first kappa shape index (κ1) is 14.8. The largest absolute Gasteiger partial charge is 0.379 e. The number of hydrogen-bond donors (Lipinski definition) is 2. The average Bonchev–Trinajstić information content (AvgIpc) is 2.52. The van der Waals surface area contributed by atoms with Crippen molar-refractivity contribution in [1.29, 1.82) is 0 Å². The van der Waals surface area contributed by atoms with Gasteiger partial charge in [0.25, 0.3) is 0 Å². The molecule has 1 aliphatic heterocycles. The number of nitrogens with one attached hydrogen (secondary N) is 2. The minimum Gasteiger partial charge on any atom is -0.379 e. The molecular weight excluding hydrogens is 258 g/mol. The predicted molar refractivity (Wildman–Crippen MR) is 75.0 cm³/mol. The molecule has 0 radical (unpaired) electrons. The van der Waals surface area contributed by atoms with Crippen LogP contribution < -0.4 is 10.8 Å². The van der Waals surface area contributed by atoms with Gasteiger partial charge in [0.15, 0.2) is 0 Å². The fourth-order valence-electron chi connectivity index (χ4n) is 1.93. The molecule has 6 heteroatoms. The van der Waals surface area contributed by atoms with Crippen LogP contribution in [0.25, 0.3) is 0 Å². The molecule has 0 spiro atoms. The summed E-state index contributed by atoms with van der Waals surface area (Å²) in [7, 11) is 0. The number of nitrogens with zero attached hydrogens (tertiary/aromatic N) is 1. The van der Waals surface area contributed by atoms with Gasteiger partial charge in [0.2, 0.25) is 0 Å². The van der Waals surface area contributed by atoms with E-state index in [1.165, 1.54) is 0 Å². The molecule has 0 atom stereocenters. The summed E-state index contributed by atoms with van der Waals surface area (Å²) >= 11 is 0. The Kier molecular flexibility index (Phi) is 6.30. The van der Waals surface area contributed by atoms with Crippen LogP contribution in [0, 0.1) is 0 Å². The van der Waals surface area contributed by atoms with Gasteiger partial charge in [0.05, 0.1) is 19.8 Å². The van der Waals surface area contributed by atoms with Crippen LogP contribution in [0.2, 0.25) is 0 Å². The lowest BCUT2D eigenvalue weighted by Crippen LogP contribution is -2.40. The standard InChI is InChI=1S/C14H21N3O3/c18-14(15-12-13-4-2-1-3-5-13)16-20-11-8-17-6-9-19-10-7-17/h1-5H,6-12H2,(H2,15,16,18). The summed E-state index contributed by atoms with van der Waals surface area (Å²) in [6, 6.07) is 9.41. The number of carbonyl (C=O) groups excluding carboxylic acids is 1. The van der Waals surface area contributed by atoms with Crippen molar-refractivity contribution in [1.82, 2.24) is 15.7 Å². The van der Waals surface area contributed by atoms with Crippen molar-refractivity contribution < 1.29 is 14.4 Å². The van der Waals surface area contributed by atoms with E-state index in [0.717, 1.165) is 38.4 Å². The summed E-state index contributed by atoms with van der Waals surface area (Å²) in [5.41, 5.74) is 3.44. The molecule has 6 nitrogen and oxygen atoms in total. The van der Waals surface area contributed by atoms with E-state index in [1.54, 1.807) is 0 Å². The second kappa shape index (κ2) is 8.52. The maximum atomic E-state index is 11.5. The minimum atomic E-state index is -0.323. The van der Waals surface area contributed by atoms with Gasteiger partial charge in [-0.25, -0.2) is 10.3 Å². The second-order valence-electron chi connectivity index (χ2n) is 4.57. The zero-order valence-electron chi connectivity index (χ0n) is 11.5. The Labute approximate surface area is 119 Å². The Bertz CT molecular complexity index is 394. The molecule has 20 heavy (non-hydrogen) atoms. The zero-order valence-corrected chi connectivity index (χ0v) is 11.5. The van der Waals surface area contributed by atoms with Gasteiger partial charge in [-0.2, -0.15) is 0 Å². The van der Waals surface area contributed by atoms with Crippen LogP contribution in [0.3, 0.4) is 0 Å². The molecule has 1 saturated heterocycles. The summed E-state index contributed by atoms with van der Waals surface area (Å²) < 4.78 is 5.26. The van der Waals surface area contributed by atoms with E-state index in [9.17, 15) is 4.79 Å². The number of hydrogen-bond acceptors (Lipinski definition) is 4. The Morgan fingerprint density at radius 1 is 1.25 bits per heavy atom. The van der Waals surface area contributed by atoms with Crippen LogP contribution in [0.4, 0.5) is 4.79 Å². The third kappa shape index (κ3) is 5.56. The molecule has 1 aliphatic rings. The van der Waals surface area contributed by atoms with Crippen molar-refractivity contribution in [3.63, 3.8) is 0 Å². The number of hydroxylamine groups is 1. The lowest BCUT2D eigenvalue weighted by molar-refractivity contribution is 0.00498. The van der Waals surface area contributed by atoms with Crippen molar-refractivity contribution in [2.24, 2.45) is 0 Å². The smallest absolute Gasteiger partial charge is 0.338 e. The Hall–Kier alpha value is -1.63. The maximum Gasteiger partial charge on any atom is 0.338 e. The summed E-state index contributed by atoms with van der Waals surface area (Å²) in [5.74, 6) is 0. The molecule has 1 aromatic carbocycles. The molecule has 1 fully saturated rings. The molecule has 110 valence electrons. The number of rotatable bonds is 6. The summed E-state index contributed by atoms with van der Waals surface area (Å²) in [5, 5.41) is 2.73. The molecular formula is C14H21N3O3. The molecule has 1 heterocycles. The normalized spacial score (nSPS) is 15.8. The van der Waals surface area contributed by atoms with Gasteiger partial charge in [-0.3, -0.25) is 9.74 Å². The number of ether oxygens (including phenoxy) is 1. The maximum absolute atomic E-state index is 11.5. The number of carbonyl (C=O) groups is 1.